The van der Waals surface area contributed by atoms with Gasteiger partial charge in [-0.15, -0.1) is 10.2 Å². The van der Waals surface area contributed by atoms with Gasteiger partial charge >= 0.3 is 0 Å². The molecule has 4 rings (SSSR count). The average Bonchev–Trinajstić information content (AvgIpc) is 3.23. The number of benzene rings is 1. The third-order valence-electron chi connectivity index (χ3n) is 4.21. The van der Waals surface area contributed by atoms with Gasteiger partial charge in [0.05, 0.1) is 0 Å². The van der Waals surface area contributed by atoms with Crippen LogP contribution in [0.15, 0.2) is 33.2 Å². The van der Waals surface area contributed by atoms with Gasteiger partial charge in [0, 0.05) is 24.7 Å². The minimum atomic E-state index is -0.305. The summed E-state index contributed by atoms with van der Waals surface area (Å²) in [5, 5.41) is 12.4. The lowest BCUT2D eigenvalue weighted by Crippen LogP contribution is -2.14. The van der Waals surface area contributed by atoms with Crippen molar-refractivity contribution in [1.82, 2.24) is 15.4 Å². The summed E-state index contributed by atoms with van der Waals surface area (Å²) in [5.74, 6) is 1.47. The van der Waals surface area contributed by atoms with Crippen molar-refractivity contribution in [3.63, 3.8) is 0 Å². The van der Waals surface area contributed by atoms with Crippen LogP contribution in [0.25, 0.3) is 22.7 Å². The van der Waals surface area contributed by atoms with Gasteiger partial charge in [-0.2, -0.15) is 0 Å². The Morgan fingerprint density at radius 3 is 2.58 bits per heavy atom. The van der Waals surface area contributed by atoms with E-state index in [9.17, 15) is 4.39 Å². The molecule has 124 valence electrons. The van der Waals surface area contributed by atoms with Crippen LogP contribution in [0.2, 0.25) is 0 Å². The summed E-state index contributed by atoms with van der Waals surface area (Å²) in [5.41, 5.74) is 1.94. The Bertz CT molecular complexity index is 835. The van der Waals surface area contributed by atoms with Crippen molar-refractivity contribution in [3.8, 4) is 22.7 Å². The van der Waals surface area contributed by atoms with E-state index in [2.05, 4.69) is 15.4 Å². The molecule has 1 aliphatic rings. The number of rotatable bonds is 3. The molecule has 0 bridgehead atoms. The molecule has 0 aliphatic carbocycles. The molecule has 3 aromatic rings. The highest BCUT2D eigenvalue weighted by Crippen LogP contribution is 2.35. The predicted octanol–water partition coefficient (Wildman–Crippen LogP) is 3.73. The molecule has 6 nitrogen and oxygen atoms in total. The van der Waals surface area contributed by atoms with Crippen LogP contribution >= 0.6 is 0 Å². The summed E-state index contributed by atoms with van der Waals surface area (Å²) < 4.78 is 29.7. The quantitative estimate of drug-likeness (QED) is 0.729. The zero-order chi connectivity index (χ0) is 16.5. The molecule has 0 saturated carbocycles. The summed E-state index contributed by atoms with van der Waals surface area (Å²) >= 11 is 0. The smallest absolute Gasteiger partial charge is 0.253 e. The molecule has 0 N–H and O–H groups in total. The molecule has 2 aromatic heterocycles. The maximum absolute atomic E-state index is 13.1. The molecule has 0 radical (unpaired) electrons. The molecule has 7 heteroatoms. The Balaban J connectivity index is 1.70. The summed E-state index contributed by atoms with van der Waals surface area (Å²) in [6, 6.07) is 6.05. The van der Waals surface area contributed by atoms with Crippen LogP contribution in [0.4, 0.5) is 4.39 Å². The first-order valence-corrected chi connectivity index (χ1v) is 7.86. The highest BCUT2D eigenvalue weighted by Gasteiger charge is 2.26. The van der Waals surface area contributed by atoms with E-state index in [-0.39, 0.29) is 11.7 Å². The van der Waals surface area contributed by atoms with Gasteiger partial charge in [-0.05, 0) is 44.0 Å². The molecular formula is C17H16FN3O3. The van der Waals surface area contributed by atoms with E-state index in [1.165, 1.54) is 12.1 Å². The first-order valence-electron chi connectivity index (χ1n) is 7.86. The van der Waals surface area contributed by atoms with Crippen molar-refractivity contribution >= 4 is 0 Å². The minimum absolute atomic E-state index is 0.217. The molecular weight excluding hydrogens is 313 g/mol. The predicted molar refractivity (Wildman–Crippen MR) is 82.7 cm³/mol. The molecule has 1 aliphatic heterocycles. The first-order chi connectivity index (χ1) is 11.7. The zero-order valence-corrected chi connectivity index (χ0v) is 13.2. The summed E-state index contributed by atoms with van der Waals surface area (Å²) in [6.45, 7) is 3.19. The summed E-state index contributed by atoms with van der Waals surface area (Å²) in [7, 11) is 0. The fourth-order valence-electron chi connectivity index (χ4n) is 2.87. The van der Waals surface area contributed by atoms with Gasteiger partial charge < -0.3 is 13.7 Å². The molecule has 0 unspecified atom stereocenters. The molecule has 24 heavy (non-hydrogen) atoms. The van der Waals surface area contributed by atoms with Crippen molar-refractivity contribution in [2.75, 3.05) is 13.2 Å². The van der Waals surface area contributed by atoms with Crippen LogP contribution in [-0.4, -0.2) is 28.6 Å². The Morgan fingerprint density at radius 2 is 1.83 bits per heavy atom. The largest absolute Gasteiger partial charge is 0.420 e. The van der Waals surface area contributed by atoms with Crippen LogP contribution in [0.5, 0.6) is 0 Å². The average molecular weight is 329 g/mol. The fraction of sp³-hybridized carbons (Fsp3) is 0.353. The van der Waals surface area contributed by atoms with Crippen molar-refractivity contribution in [1.29, 1.82) is 0 Å². The molecule has 0 atom stereocenters. The number of hydrogen-bond donors (Lipinski definition) is 0. The van der Waals surface area contributed by atoms with Gasteiger partial charge in [0.25, 0.3) is 5.89 Å². The Morgan fingerprint density at radius 1 is 1.08 bits per heavy atom. The van der Waals surface area contributed by atoms with E-state index >= 15 is 0 Å². The van der Waals surface area contributed by atoms with Gasteiger partial charge in [0.1, 0.15) is 22.8 Å². The highest BCUT2D eigenvalue weighted by molar-refractivity contribution is 5.77. The fourth-order valence-corrected chi connectivity index (χ4v) is 2.87. The summed E-state index contributed by atoms with van der Waals surface area (Å²) in [4.78, 5) is 0. The van der Waals surface area contributed by atoms with E-state index in [1.807, 2.05) is 0 Å². The van der Waals surface area contributed by atoms with Gasteiger partial charge in [-0.25, -0.2) is 4.39 Å². The Labute approximate surface area is 137 Å². The third kappa shape index (κ3) is 2.71. The maximum Gasteiger partial charge on any atom is 0.253 e. The minimum Gasteiger partial charge on any atom is -0.420 e. The van der Waals surface area contributed by atoms with Crippen molar-refractivity contribution in [2.45, 2.75) is 25.7 Å². The van der Waals surface area contributed by atoms with Gasteiger partial charge in [-0.1, -0.05) is 5.16 Å². The number of hydrogen-bond acceptors (Lipinski definition) is 6. The summed E-state index contributed by atoms with van der Waals surface area (Å²) in [6.07, 6.45) is 1.74. The lowest BCUT2D eigenvalue weighted by atomic mass is 10.0. The number of aryl methyl sites for hydroxylation is 1. The molecule has 1 aromatic carbocycles. The van der Waals surface area contributed by atoms with Crippen LogP contribution in [0.3, 0.4) is 0 Å². The lowest BCUT2D eigenvalue weighted by Gasteiger charge is -2.18. The maximum atomic E-state index is 13.1. The molecule has 0 spiro atoms. The molecule has 1 fully saturated rings. The highest BCUT2D eigenvalue weighted by atomic mass is 19.1. The molecule has 1 saturated heterocycles. The second-order valence-corrected chi connectivity index (χ2v) is 5.80. The normalized spacial score (nSPS) is 15.8. The molecule has 0 amide bonds. The number of halogens is 1. The van der Waals surface area contributed by atoms with Gasteiger partial charge in [0.15, 0.2) is 0 Å². The number of ether oxygens (including phenoxy) is 1. The van der Waals surface area contributed by atoms with Crippen LogP contribution in [0.1, 0.15) is 30.4 Å². The SMILES string of the molecule is Cc1onc(-c2ccc(F)cc2)c1-c1nnc(C2CCOCC2)o1. The van der Waals surface area contributed by atoms with E-state index in [0.29, 0.717) is 42.0 Å². The standard InChI is InChI=1S/C17H16FN3O3/c1-10-14(15(21-24-10)11-2-4-13(18)5-3-11)17-20-19-16(23-17)12-6-8-22-9-7-12/h2-5,12H,6-9H2,1H3. The Hall–Kier alpha value is -2.54. The van der Waals surface area contributed by atoms with E-state index in [1.54, 1.807) is 19.1 Å². The van der Waals surface area contributed by atoms with Crippen molar-refractivity contribution in [2.24, 2.45) is 0 Å². The Kier molecular flexibility index (Phi) is 3.86. The van der Waals surface area contributed by atoms with Crippen LogP contribution in [0, 0.1) is 12.7 Å². The number of aromatic nitrogens is 3. The van der Waals surface area contributed by atoms with Crippen LogP contribution in [-0.2, 0) is 4.74 Å². The van der Waals surface area contributed by atoms with E-state index in [4.69, 9.17) is 13.7 Å². The van der Waals surface area contributed by atoms with Crippen molar-refractivity contribution in [3.05, 3.63) is 41.7 Å². The monoisotopic (exact) mass is 329 g/mol. The second kappa shape index (κ2) is 6.16. The van der Waals surface area contributed by atoms with E-state index in [0.717, 1.165) is 18.4 Å². The van der Waals surface area contributed by atoms with E-state index < -0.39 is 0 Å². The first kappa shape index (κ1) is 15.0. The van der Waals surface area contributed by atoms with Gasteiger partial charge in [0.2, 0.25) is 5.89 Å². The zero-order valence-electron chi connectivity index (χ0n) is 13.2. The topological polar surface area (TPSA) is 74.2 Å². The lowest BCUT2D eigenvalue weighted by molar-refractivity contribution is 0.0795. The van der Waals surface area contributed by atoms with Crippen molar-refractivity contribution < 1.29 is 18.1 Å². The van der Waals surface area contributed by atoms with Gasteiger partial charge in [-0.3, -0.25) is 0 Å². The van der Waals surface area contributed by atoms with Crippen LogP contribution < -0.4 is 0 Å². The third-order valence-corrected chi connectivity index (χ3v) is 4.21. The second-order valence-electron chi connectivity index (χ2n) is 5.80. The molecule has 3 heterocycles. The number of nitrogens with zero attached hydrogens (tertiary/aromatic N) is 3.